The summed E-state index contributed by atoms with van der Waals surface area (Å²) in [4.78, 5) is 4.30. The largest absolute Gasteiger partial charge is 0.334 e. The summed E-state index contributed by atoms with van der Waals surface area (Å²) in [6.45, 7) is 6.87. The standard InChI is InChI=1S/C19H25NS3/c1-13(2)14(3)9-8-10-15-18(21)20(4)16-11-6-7-12-17(16)23-19(15)22-5/h6-8,10-14H,9H2,1-5H3/b10-8+. The average Bonchev–Trinajstić information content (AvgIpc) is 2.64. The van der Waals surface area contributed by atoms with Crippen LogP contribution < -0.4 is 4.90 Å². The van der Waals surface area contributed by atoms with Crippen LogP contribution in [0.1, 0.15) is 27.2 Å². The molecule has 0 aliphatic carbocycles. The molecule has 1 nitrogen and oxygen atoms in total. The first-order valence-corrected chi connectivity index (χ1v) is 10.4. The highest BCUT2D eigenvalue weighted by Crippen LogP contribution is 2.44. The number of fused-ring (bicyclic) bond motifs is 1. The molecule has 0 aromatic heterocycles. The van der Waals surface area contributed by atoms with Crippen molar-refractivity contribution in [3.05, 3.63) is 46.2 Å². The molecule has 23 heavy (non-hydrogen) atoms. The number of rotatable bonds is 5. The molecule has 0 N–H and O–H groups in total. The smallest absolute Gasteiger partial charge is 0.115 e. The molecule has 1 atom stereocenters. The Morgan fingerprint density at radius 3 is 2.61 bits per heavy atom. The first kappa shape index (κ1) is 18.6. The highest BCUT2D eigenvalue weighted by molar-refractivity contribution is 8.22. The zero-order valence-corrected chi connectivity index (χ0v) is 16.9. The Hall–Kier alpha value is -0.710. The number of thioether (sulfide) groups is 2. The van der Waals surface area contributed by atoms with Crippen molar-refractivity contribution in [3.8, 4) is 0 Å². The van der Waals surface area contributed by atoms with E-state index in [9.17, 15) is 0 Å². The molecule has 0 bridgehead atoms. The number of nitrogens with zero attached hydrogens (tertiary/aromatic N) is 1. The zero-order chi connectivity index (χ0) is 17.0. The first-order valence-electron chi connectivity index (χ1n) is 7.95. The van der Waals surface area contributed by atoms with Crippen molar-refractivity contribution in [1.29, 1.82) is 0 Å². The number of likely N-dealkylation sites (N-methyl/N-ethyl adjacent to an activating group) is 1. The van der Waals surface area contributed by atoms with Crippen molar-refractivity contribution in [3.63, 3.8) is 0 Å². The molecule has 124 valence electrons. The number of hydrogen-bond acceptors (Lipinski definition) is 3. The van der Waals surface area contributed by atoms with E-state index in [0.717, 1.165) is 11.4 Å². The number of benzene rings is 1. The second-order valence-corrected chi connectivity index (χ2v) is 8.71. The van der Waals surface area contributed by atoms with Crippen molar-refractivity contribution >= 4 is 46.4 Å². The molecule has 0 radical (unpaired) electrons. The summed E-state index contributed by atoms with van der Waals surface area (Å²) in [7, 11) is 2.07. The van der Waals surface area contributed by atoms with Gasteiger partial charge in [0.2, 0.25) is 0 Å². The quantitative estimate of drug-likeness (QED) is 0.559. The lowest BCUT2D eigenvalue weighted by Gasteiger charge is -2.20. The summed E-state index contributed by atoms with van der Waals surface area (Å²) in [5.41, 5.74) is 2.36. The molecule has 1 unspecified atom stereocenters. The second-order valence-electron chi connectivity index (χ2n) is 6.20. The van der Waals surface area contributed by atoms with E-state index in [1.165, 1.54) is 20.4 Å². The summed E-state index contributed by atoms with van der Waals surface area (Å²) < 4.78 is 1.28. The van der Waals surface area contributed by atoms with Gasteiger partial charge < -0.3 is 4.90 Å². The van der Waals surface area contributed by atoms with Crippen molar-refractivity contribution in [2.24, 2.45) is 11.8 Å². The van der Waals surface area contributed by atoms with Crippen LogP contribution in [-0.2, 0) is 0 Å². The number of allylic oxidation sites excluding steroid dienone is 1. The monoisotopic (exact) mass is 363 g/mol. The third-order valence-corrected chi connectivity index (χ3v) is 7.10. The number of anilines is 1. The Kier molecular flexibility index (Phi) is 6.81. The van der Waals surface area contributed by atoms with Gasteiger partial charge in [-0.05, 0) is 36.6 Å². The van der Waals surface area contributed by atoms with Gasteiger partial charge in [0.05, 0.1) is 9.92 Å². The topological polar surface area (TPSA) is 3.24 Å². The van der Waals surface area contributed by atoms with Crippen LogP contribution in [0.2, 0.25) is 0 Å². The first-order chi connectivity index (χ1) is 11.0. The molecule has 1 aromatic rings. The van der Waals surface area contributed by atoms with Gasteiger partial charge in [-0.15, -0.1) is 11.8 Å². The van der Waals surface area contributed by atoms with Crippen LogP contribution in [-0.4, -0.2) is 18.3 Å². The Balaban J connectivity index is 2.32. The Bertz CT molecular complexity index is 631. The highest BCUT2D eigenvalue weighted by atomic mass is 32.2. The predicted molar refractivity (Wildman–Crippen MR) is 112 cm³/mol. The Morgan fingerprint density at radius 1 is 1.26 bits per heavy atom. The summed E-state index contributed by atoms with van der Waals surface area (Å²) >= 11 is 9.38. The SMILES string of the molecule is CSC1=C(/C=C/CC(C)C(C)C)C(=S)N(C)c2ccccc2S1. The van der Waals surface area contributed by atoms with E-state index in [4.69, 9.17) is 12.2 Å². The van der Waals surface area contributed by atoms with Crippen molar-refractivity contribution in [2.75, 3.05) is 18.2 Å². The van der Waals surface area contributed by atoms with Crippen LogP contribution in [0.5, 0.6) is 0 Å². The normalized spacial score (nSPS) is 17.0. The lowest BCUT2D eigenvalue weighted by Crippen LogP contribution is -2.25. The minimum Gasteiger partial charge on any atom is -0.334 e. The molecule has 0 saturated carbocycles. The fraction of sp³-hybridized carbons (Fsp3) is 0.421. The molecule has 0 amide bonds. The van der Waals surface area contributed by atoms with Gasteiger partial charge in [0.15, 0.2) is 0 Å². The molecule has 0 spiro atoms. The third-order valence-electron chi connectivity index (χ3n) is 4.30. The summed E-state index contributed by atoms with van der Waals surface area (Å²) in [6, 6.07) is 8.47. The Morgan fingerprint density at radius 2 is 1.96 bits per heavy atom. The fourth-order valence-corrected chi connectivity index (χ4v) is 4.63. The lowest BCUT2D eigenvalue weighted by atomic mass is 9.94. The van der Waals surface area contributed by atoms with E-state index in [1.54, 1.807) is 11.8 Å². The van der Waals surface area contributed by atoms with Crippen LogP contribution in [0, 0.1) is 11.8 Å². The number of thiocarbonyl (C=S) groups is 1. The maximum atomic E-state index is 5.78. The maximum absolute atomic E-state index is 5.78. The summed E-state index contributed by atoms with van der Waals surface area (Å²) in [5.74, 6) is 1.39. The molecule has 4 heteroatoms. The summed E-state index contributed by atoms with van der Waals surface area (Å²) in [6.07, 6.45) is 7.73. The van der Waals surface area contributed by atoms with Crippen molar-refractivity contribution in [1.82, 2.24) is 0 Å². The third kappa shape index (κ3) is 4.43. The van der Waals surface area contributed by atoms with Gasteiger partial charge in [-0.25, -0.2) is 0 Å². The number of para-hydroxylation sites is 1. The number of hydrogen-bond donors (Lipinski definition) is 0. The second kappa shape index (κ2) is 8.41. The van der Waals surface area contributed by atoms with E-state index in [2.05, 4.69) is 75.4 Å². The van der Waals surface area contributed by atoms with E-state index in [-0.39, 0.29) is 0 Å². The van der Waals surface area contributed by atoms with Gasteiger partial charge in [-0.1, -0.05) is 69.0 Å². The fourth-order valence-electron chi connectivity index (χ4n) is 2.32. The predicted octanol–water partition coefficient (Wildman–Crippen LogP) is 6.37. The molecule has 2 rings (SSSR count). The van der Waals surface area contributed by atoms with E-state index in [1.807, 2.05) is 11.8 Å². The van der Waals surface area contributed by atoms with Gasteiger partial charge in [0.1, 0.15) is 4.99 Å². The van der Waals surface area contributed by atoms with Crippen molar-refractivity contribution < 1.29 is 0 Å². The highest BCUT2D eigenvalue weighted by Gasteiger charge is 2.22. The van der Waals surface area contributed by atoms with Gasteiger partial charge in [-0.3, -0.25) is 0 Å². The van der Waals surface area contributed by atoms with Crippen LogP contribution in [0.15, 0.2) is 51.1 Å². The molecular weight excluding hydrogens is 338 g/mol. The Labute approximate surface area is 154 Å². The summed E-state index contributed by atoms with van der Waals surface area (Å²) in [5, 5.41) is 0. The lowest BCUT2D eigenvalue weighted by molar-refractivity contribution is 0.424. The molecule has 0 saturated heterocycles. The van der Waals surface area contributed by atoms with Gasteiger partial charge in [0.25, 0.3) is 0 Å². The van der Waals surface area contributed by atoms with Gasteiger partial charge in [0, 0.05) is 17.5 Å². The van der Waals surface area contributed by atoms with Crippen LogP contribution in [0.4, 0.5) is 5.69 Å². The molecule has 1 aliphatic heterocycles. The average molecular weight is 364 g/mol. The molecule has 1 heterocycles. The molecule has 1 aliphatic rings. The van der Waals surface area contributed by atoms with E-state index >= 15 is 0 Å². The van der Waals surface area contributed by atoms with Crippen LogP contribution >= 0.6 is 35.7 Å². The molecule has 1 aromatic carbocycles. The van der Waals surface area contributed by atoms with Gasteiger partial charge >= 0.3 is 0 Å². The minimum absolute atomic E-state index is 0.687. The minimum atomic E-state index is 0.687. The molecule has 0 fully saturated rings. The van der Waals surface area contributed by atoms with E-state index < -0.39 is 0 Å². The van der Waals surface area contributed by atoms with Crippen LogP contribution in [0.25, 0.3) is 0 Å². The van der Waals surface area contributed by atoms with Gasteiger partial charge in [-0.2, -0.15) is 0 Å². The van der Waals surface area contributed by atoms with Crippen molar-refractivity contribution in [2.45, 2.75) is 32.1 Å². The van der Waals surface area contributed by atoms with Crippen LogP contribution in [0.3, 0.4) is 0 Å². The zero-order valence-electron chi connectivity index (χ0n) is 14.5. The maximum Gasteiger partial charge on any atom is 0.115 e. The van der Waals surface area contributed by atoms with E-state index in [0.29, 0.717) is 11.8 Å². The molecular formula is C19H25NS3.